The summed E-state index contributed by atoms with van der Waals surface area (Å²) in [6, 6.07) is -0.759. The number of rotatable bonds is 2. The van der Waals surface area contributed by atoms with E-state index >= 15 is 0 Å². The Labute approximate surface area is 77.1 Å². The molecule has 3 N–H and O–H groups in total. The molecule has 0 aromatic carbocycles. The van der Waals surface area contributed by atoms with Gasteiger partial charge in [-0.05, 0) is 18.8 Å². The third-order valence-corrected chi connectivity index (χ3v) is 3.41. The molecule has 74 valence electrons. The number of carbonyl (C=O) groups is 1. The Morgan fingerprint density at radius 2 is 2.15 bits per heavy atom. The first-order valence-corrected chi connectivity index (χ1v) is 4.75. The van der Waals surface area contributed by atoms with Crippen LogP contribution >= 0.6 is 0 Å². The molecule has 4 nitrogen and oxygen atoms in total. The van der Waals surface area contributed by atoms with Gasteiger partial charge in [-0.2, -0.15) is 0 Å². The Kier molecular flexibility index (Phi) is 2.04. The summed E-state index contributed by atoms with van der Waals surface area (Å²) in [4.78, 5) is 10.7. The van der Waals surface area contributed by atoms with Crippen LogP contribution < -0.4 is 5.73 Å². The summed E-state index contributed by atoms with van der Waals surface area (Å²) in [7, 11) is 0. The molecule has 0 aromatic rings. The molecule has 2 bridgehead atoms. The van der Waals surface area contributed by atoms with E-state index in [1.807, 2.05) is 6.92 Å². The molecule has 4 heteroatoms. The molecule has 2 aliphatic heterocycles. The standard InChI is InChI=1S/C9H15NO3/c1-4-5-2-3-6(13-5)7(4)8(10)9(11)12/h4-8H,2-3,10H2,1H3,(H,11,12)/t4-,5?,6?,7-,8?/m0/s1. The van der Waals surface area contributed by atoms with E-state index in [0.29, 0.717) is 5.92 Å². The minimum Gasteiger partial charge on any atom is -0.480 e. The second kappa shape index (κ2) is 2.96. The molecule has 2 rings (SSSR count). The summed E-state index contributed by atoms with van der Waals surface area (Å²) in [5.74, 6) is -0.603. The maximum absolute atomic E-state index is 10.7. The molecule has 13 heavy (non-hydrogen) atoms. The highest BCUT2D eigenvalue weighted by Crippen LogP contribution is 2.44. The van der Waals surface area contributed by atoms with Crippen molar-refractivity contribution in [3.8, 4) is 0 Å². The van der Waals surface area contributed by atoms with Crippen molar-refractivity contribution in [3.05, 3.63) is 0 Å². The third-order valence-electron chi connectivity index (χ3n) is 3.41. The van der Waals surface area contributed by atoms with Gasteiger partial charge in [-0.1, -0.05) is 6.92 Å². The monoisotopic (exact) mass is 185 g/mol. The van der Waals surface area contributed by atoms with Gasteiger partial charge in [-0.25, -0.2) is 0 Å². The largest absolute Gasteiger partial charge is 0.480 e. The molecular formula is C9H15NO3. The number of carboxylic acids is 1. The van der Waals surface area contributed by atoms with Crippen LogP contribution in [0.15, 0.2) is 0 Å². The average molecular weight is 185 g/mol. The van der Waals surface area contributed by atoms with Crippen LogP contribution in [0.2, 0.25) is 0 Å². The van der Waals surface area contributed by atoms with Gasteiger partial charge in [0.1, 0.15) is 6.04 Å². The minimum absolute atomic E-state index is 0.0104. The van der Waals surface area contributed by atoms with Crippen molar-refractivity contribution >= 4 is 5.97 Å². The zero-order valence-corrected chi connectivity index (χ0v) is 7.64. The van der Waals surface area contributed by atoms with Crippen LogP contribution in [0.4, 0.5) is 0 Å². The number of aliphatic carboxylic acids is 1. The van der Waals surface area contributed by atoms with Gasteiger partial charge in [0, 0.05) is 5.92 Å². The maximum Gasteiger partial charge on any atom is 0.320 e. The summed E-state index contributed by atoms with van der Waals surface area (Å²) in [5, 5.41) is 8.81. The normalized spacial score (nSPS) is 45.1. The first kappa shape index (κ1) is 8.97. The topological polar surface area (TPSA) is 72.5 Å². The fourth-order valence-electron chi connectivity index (χ4n) is 2.67. The molecule has 0 aromatic heterocycles. The fraction of sp³-hybridized carbons (Fsp3) is 0.889. The zero-order valence-electron chi connectivity index (χ0n) is 7.64. The van der Waals surface area contributed by atoms with Gasteiger partial charge in [0.15, 0.2) is 0 Å². The number of hydrogen-bond acceptors (Lipinski definition) is 3. The molecule has 2 saturated heterocycles. The van der Waals surface area contributed by atoms with Crippen molar-refractivity contribution in [2.45, 2.75) is 38.0 Å². The van der Waals surface area contributed by atoms with E-state index in [4.69, 9.17) is 15.6 Å². The van der Waals surface area contributed by atoms with Crippen LogP contribution in [0.1, 0.15) is 19.8 Å². The van der Waals surface area contributed by atoms with Crippen LogP contribution in [0, 0.1) is 11.8 Å². The molecular weight excluding hydrogens is 170 g/mol. The van der Waals surface area contributed by atoms with Gasteiger partial charge < -0.3 is 15.6 Å². The molecule has 2 aliphatic rings. The molecule has 0 aliphatic carbocycles. The maximum atomic E-state index is 10.7. The van der Waals surface area contributed by atoms with Crippen molar-refractivity contribution in [1.82, 2.24) is 0 Å². The lowest BCUT2D eigenvalue weighted by atomic mass is 9.76. The van der Waals surface area contributed by atoms with Crippen molar-refractivity contribution in [1.29, 1.82) is 0 Å². The average Bonchev–Trinajstić information content (AvgIpc) is 2.62. The first-order chi connectivity index (χ1) is 6.11. The lowest BCUT2D eigenvalue weighted by molar-refractivity contribution is -0.140. The lowest BCUT2D eigenvalue weighted by Crippen LogP contribution is -2.45. The molecule has 2 fully saturated rings. The predicted molar refractivity (Wildman–Crippen MR) is 46.2 cm³/mol. The van der Waals surface area contributed by atoms with E-state index in [-0.39, 0.29) is 18.1 Å². The van der Waals surface area contributed by atoms with Crippen molar-refractivity contribution in [2.24, 2.45) is 17.6 Å². The smallest absolute Gasteiger partial charge is 0.320 e. The Morgan fingerprint density at radius 1 is 1.54 bits per heavy atom. The molecule has 2 heterocycles. The minimum atomic E-state index is -0.909. The molecule has 5 atom stereocenters. The van der Waals surface area contributed by atoms with Gasteiger partial charge in [-0.3, -0.25) is 4.79 Å². The molecule has 3 unspecified atom stereocenters. The number of ether oxygens (including phenoxy) is 1. The van der Waals surface area contributed by atoms with Gasteiger partial charge in [0.25, 0.3) is 0 Å². The first-order valence-electron chi connectivity index (χ1n) is 4.75. The number of hydrogen-bond donors (Lipinski definition) is 2. The zero-order chi connectivity index (χ0) is 9.59. The van der Waals surface area contributed by atoms with Gasteiger partial charge >= 0.3 is 5.97 Å². The Bertz CT molecular complexity index is 229. The third kappa shape index (κ3) is 1.25. The molecule has 0 radical (unpaired) electrons. The SMILES string of the molecule is C[C@H]1C2CCC(O2)[C@H]1C(N)C(=O)O. The van der Waals surface area contributed by atoms with Crippen LogP contribution in [0.3, 0.4) is 0 Å². The number of fused-ring (bicyclic) bond motifs is 2. The van der Waals surface area contributed by atoms with Crippen LogP contribution in [-0.2, 0) is 9.53 Å². The lowest BCUT2D eigenvalue weighted by Gasteiger charge is -2.27. The quantitative estimate of drug-likeness (QED) is 0.645. The second-order valence-electron chi connectivity index (χ2n) is 4.09. The van der Waals surface area contributed by atoms with E-state index in [9.17, 15) is 4.79 Å². The van der Waals surface area contributed by atoms with Crippen molar-refractivity contribution < 1.29 is 14.6 Å². The van der Waals surface area contributed by atoms with E-state index in [1.165, 1.54) is 0 Å². The van der Waals surface area contributed by atoms with E-state index in [1.54, 1.807) is 0 Å². The van der Waals surface area contributed by atoms with Crippen molar-refractivity contribution in [2.75, 3.05) is 0 Å². The van der Waals surface area contributed by atoms with E-state index in [0.717, 1.165) is 12.8 Å². The molecule has 0 saturated carbocycles. The fourth-order valence-corrected chi connectivity index (χ4v) is 2.67. The number of carboxylic acid groups (broad SMARTS) is 1. The second-order valence-corrected chi connectivity index (χ2v) is 4.09. The van der Waals surface area contributed by atoms with Gasteiger partial charge in [0.05, 0.1) is 12.2 Å². The molecule has 0 amide bonds. The van der Waals surface area contributed by atoms with Crippen LogP contribution in [-0.4, -0.2) is 29.3 Å². The van der Waals surface area contributed by atoms with Gasteiger partial charge in [-0.15, -0.1) is 0 Å². The number of nitrogens with two attached hydrogens (primary N) is 1. The summed E-state index contributed by atoms with van der Waals surface area (Å²) in [5.41, 5.74) is 5.62. The summed E-state index contributed by atoms with van der Waals surface area (Å²) in [6.07, 6.45) is 2.38. The van der Waals surface area contributed by atoms with Gasteiger partial charge in [0.2, 0.25) is 0 Å². The highest BCUT2D eigenvalue weighted by molar-refractivity contribution is 5.73. The molecule has 0 spiro atoms. The summed E-state index contributed by atoms with van der Waals surface area (Å²) >= 11 is 0. The van der Waals surface area contributed by atoms with Crippen molar-refractivity contribution in [3.63, 3.8) is 0 Å². The Hall–Kier alpha value is -0.610. The summed E-state index contributed by atoms with van der Waals surface area (Å²) < 4.78 is 5.63. The highest BCUT2D eigenvalue weighted by atomic mass is 16.5. The highest BCUT2D eigenvalue weighted by Gasteiger charge is 2.50. The van der Waals surface area contributed by atoms with Crippen LogP contribution in [0.5, 0.6) is 0 Å². The van der Waals surface area contributed by atoms with E-state index < -0.39 is 12.0 Å². The summed E-state index contributed by atoms with van der Waals surface area (Å²) in [6.45, 7) is 2.04. The Morgan fingerprint density at radius 3 is 2.62 bits per heavy atom. The Balaban J connectivity index is 2.11. The predicted octanol–water partition coefficient (Wildman–Crippen LogP) is 0.212. The van der Waals surface area contributed by atoms with E-state index in [2.05, 4.69) is 0 Å². The van der Waals surface area contributed by atoms with Crippen LogP contribution in [0.25, 0.3) is 0 Å².